The third-order valence-electron chi connectivity index (χ3n) is 1.14. The van der Waals surface area contributed by atoms with Crippen LogP contribution in [0.1, 0.15) is 5.56 Å². The second-order valence-electron chi connectivity index (χ2n) is 2.11. The predicted octanol–water partition coefficient (Wildman–Crippen LogP) is 1.94. The first-order valence-corrected chi connectivity index (χ1v) is 3.99. The van der Waals surface area contributed by atoms with Crippen LogP contribution in [0, 0.1) is 0 Å². The molecule has 1 rings (SSSR count). The number of carbonyl (C=O) groups is 1. The molecule has 0 spiro atoms. The van der Waals surface area contributed by atoms with Crippen molar-refractivity contribution in [3.63, 3.8) is 0 Å². The first kappa shape index (κ1) is 8.93. The van der Waals surface area contributed by atoms with Gasteiger partial charge >= 0.3 is 5.97 Å². The van der Waals surface area contributed by atoms with Gasteiger partial charge in [0.25, 0.3) is 0 Å². The lowest BCUT2D eigenvalue weighted by Crippen LogP contribution is -1.85. The lowest BCUT2D eigenvalue weighted by molar-refractivity contribution is -0.131. The number of aliphatic carboxylic acids is 1. The molecule has 1 N–H and O–H groups in total. The van der Waals surface area contributed by atoms with E-state index in [0.717, 1.165) is 16.1 Å². The minimum Gasteiger partial charge on any atom is -0.478 e. The van der Waals surface area contributed by atoms with Gasteiger partial charge in [-0.2, -0.15) is 0 Å². The highest BCUT2D eigenvalue weighted by atomic mass is 79.9. The molecule has 0 atom stereocenters. The average molecular weight is 228 g/mol. The Morgan fingerprint density at radius 3 is 2.92 bits per heavy atom. The number of halogens is 1. The second kappa shape index (κ2) is 4.01. The summed E-state index contributed by atoms with van der Waals surface area (Å²) in [5.74, 6) is -0.963. The molecule has 12 heavy (non-hydrogen) atoms. The van der Waals surface area contributed by atoms with Crippen molar-refractivity contribution < 1.29 is 9.90 Å². The van der Waals surface area contributed by atoms with Crippen molar-refractivity contribution in [2.45, 2.75) is 0 Å². The number of rotatable bonds is 2. The largest absolute Gasteiger partial charge is 0.478 e. The van der Waals surface area contributed by atoms with Crippen LogP contribution in [0.15, 0.2) is 29.0 Å². The Bertz CT molecular complexity index is 323. The van der Waals surface area contributed by atoms with Gasteiger partial charge in [0.2, 0.25) is 0 Å². The minimum atomic E-state index is -0.963. The minimum absolute atomic E-state index is 0.756. The van der Waals surface area contributed by atoms with Crippen molar-refractivity contribution in [3.05, 3.63) is 34.6 Å². The number of pyridine rings is 1. The maximum absolute atomic E-state index is 10.1. The zero-order valence-corrected chi connectivity index (χ0v) is 7.65. The summed E-state index contributed by atoms with van der Waals surface area (Å²) in [7, 11) is 0. The van der Waals surface area contributed by atoms with Gasteiger partial charge in [0.15, 0.2) is 0 Å². The Hall–Kier alpha value is -1.16. The van der Waals surface area contributed by atoms with Crippen LogP contribution in [-0.2, 0) is 4.79 Å². The van der Waals surface area contributed by atoms with Crippen LogP contribution in [0.25, 0.3) is 6.08 Å². The molecule has 0 saturated heterocycles. The lowest BCUT2D eigenvalue weighted by Gasteiger charge is -1.91. The number of carboxylic acids is 1. The van der Waals surface area contributed by atoms with Gasteiger partial charge in [-0.1, -0.05) is 0 Å². The van der Waals surface area contributed by atoms with Crippen LogP contribution < -0.4 is 0 Å². The van der Waals surface area contributed by atoms with Crippen LogP contribution in [-0.4, -0.2) is 16.1 Å². The first-order valence-electron chi connectivity index (χ1n) is 3.20. The Morgan fingerprint density at radius 2 is 2.33 bits per heavy atom. The lowest BCUT2D eigenvalue weighted by atomic mass is 10.2. The summed E-state index contributed by atoms with van der Waals surface area (Å²) >= 11 is 3.23. The fraction of sp³-hybridized carbons (Fsp3) is 0. The molecular weight excluding hydrogens is 222 g/mol. The Morgan fingerprint density at radius 1 is 1.58 bits per heavy atom. The second-order valence-corrected chi connectivity index (χ2v) is 3.02. The van der Waals surface area contributed by atoms with E-state index in [-0.39, 0.29) is 0 Å². The quantitative estimate of drug-likeness (QED) is 0.787. The number of hydrogen-bond donors (Lipinski definition) is 1. The summed E-state index contributed by atoms with van der Waals surface area (Å²) in [4.78, 5) is 14.0. The molecule has 0 saturated carbocycles. The van der Waals surface area contributed by atoms with Gasteiger partial charge in [0, 0.05) is 22.9 Å². The van der Waals surface area contributed by atoms with Gasteiger partial charge in [0.05, 0.1) is 0 Å². The van der Waals surface area contributed by atoms with Crippen LogP contribution in [0.4, 0.5) is 0 Å². The first-order chi connectivity index (χ1) is 5.68. The smallest absolute Gasteiger partial charge is 0.328 e. The zero-order chi connectivity index (χ0) is 8.97. The molecule has 0 aliphatic rings. The van der Waals surface area contributed by atoms with E-state index in [2.05, 4.69) is 20.9 Å². The molecule has 4 heteroatoms. The molecule has 3 nitrogen and oxygen atoms in total. The summed E-state index contributed by atoms with van der Waals surface area (Å²) in [6.45, 7) is 0. The van der Waals surface area contributed by atoms with Crippen molar-refractivity contribution in [1.82, 2.24) is 4.98 Å². The zero-order valence-electron chi connectivity index (χ0n) is 6.07. The van der Waals surface area contributed by atoms with E-state index in [1.54, 1.807) is 18.5 Å². The molecule has 1 aromatic heterocycles. The van der Waals surface area contributed by atoms with Gasteiger partial charge in [-0.25, -0.2) is 4.79 Å². The molecular formula is C8H6BrNO2. The van der Waals surface area contributed by atoms with Crippen LogP contribution in [0.5, 0.6) is 0 Å². The molecule has 0 aliphatic heterocycles. The maximum Gasteiger partial charge on any atom is 0.328 e. The fourth-order valence-corrected chi connectivity index (χ4v) is 1.07. The number of hydrogen-bond acceptors (Lipinski definition) is 2. The third-order valence-corrected chi connectivity index (χ3v) is 1.58. The summed E-state index contributed by atoms with van der Waals surface area (Å²) in [5.41, 5.74) is 0.756. The van der Waals surface area contributed by atoms with Crippen molar-refractivity contribution in [3.8, 4) is 0 Å². The Kier molecular flexibility index (Phi) is 2.99. The van der Waals surface area contributed by atoms with E-state index in [1.165, 1.54) is 6.08 Å². The highest BCUT2D eigenvalue weighted by molar-refractivity contribution is 9.10. The van der Waals surface area contributed by atoms with Crippen molar-refractivity contribution >= 4 is 28.0 Å². The van der Waals surface area contributed by atoms with E-state index in [1.807, 2.05) is 0 Å². The summed E-state index contributed by atoms with van der Waals surface area (Å²) in [6.07, 6.45) is 5.78. The number of nitrogens with zero attached hydrogens (tertiary/aromatic N) is 1. The Balaban J connectivity index is 2.83. The highest BCUT2D eigenvalue weighted by Crippen LogP contribution is 2.10. The molecule has 62 valence electrons. The normalized spacial score (nSPS) is 10.4. The van der Waals surface area contributed by atoms with Crippen LogP contribution in [0.2, 0.25) is 0 Å². The van der Waals surface area contributed by atoms with Gasteiger partial charge in [-0.15, -0.1) is 0 Å². The van der Waals surface area contributed by atoms with E-state index >= 15 is 0 Å². The SMILES string of the molecule is O=C(O)/C=C\c1cncc(Br)c1. The Labute approximate surface area is 77.9 Å². The standard InChI is InChI=1S/C8H6BrNO2/c9-7-3-6(4-10-5-7)1-2-8(11)12/h1-5H,(H,11,12)/b2-1-. The number of aromatic nitrogens is 1. The molecule has 0 bridgehead atoms. The topological polar surface area (TPSA) is 50.2 Å². The molecule has 0 unspecified atom stereocenters. The van der Waals surface area contributed by atoms with E-state index < -0.39 is 5.97 Å². The van der Waals surface area contributed by atoms with Crippen molar-refractivity contribution in [1.29, 1.82) is 0 Å². The predicted molar refractivity (Wildman–Crippen MR) is 48.6 cm³/mol. The molecule has 0 fully saturated rings. The highest BCUT2D eigenvalue weighted by Gasteiger charge is 1.90. The fourth-order valence-electron chi connectivity index (χ4n) is 0.687. The van der Waals surface area contributed by atoms with Crippen LogP contribution in [0.3, 0.4) is 0 Å². The summed E-state index contributed by atoms with van der Waals surface area (Å²) in [6, 6.07) is 1.78. The van der Waals surface area contributed by atoms with Gasteiger partial charge in [0.1, 0.15) is 0 Å². The van der Waals surface area contributed by atoms with E-state index in [0.29, 0.717) is 0 Å². The van der Waals surface area contributed by atoms with E-state index in [9.17, 15) is 4.79 Å². The van der Waals surface area contributed by atoms with Gasteiger partial charge < -0.3 is 5.11 Å². The van der Waals surface area contributed by atoms with Gasteiger partial charge in [-0.3, -0.25) is 4.98 Å². The maximum atomic E-state index is 10.1. The average Bonchev–Trinajstić information content (AvgIpc) is 2.01. The van der Waals surface area contributed by atoms with E-state index in [4.69, 9.17) is 5.11 Å². The monoisotopic (exact) mass is 227 g/mol. The summed E-state index contributed by atoms with van der Waals surface area (Å²) < 4.78 is 0.829. The van der Waals surface area contributed by atoms with Crippen LogP contribution >= 0.6 is 15.9 Å². The number of carboxylic acid groups (broad SMARTS) is 1. The third kappa shape index (κ3) is 2.84. The summed E-state index contributed by atoms with van der Waals surface area (Å²) in [5, 5.41) is 8.33. The molecule has 1 aromatic rings. The van der Waals surface area contributed by atoms with Crippen molar-refractivity contribution in [2.75, 3.05) is 0 Å². The molecule has 0 radical (unpaired) electrons. The molecule has 1 heterocycles. The van der Waals surface area contributed by atoms with Gasteiger partial charge in [-0.05, 0) is 33.6 Å². The van der Waals surface area contributed by atoms with Crippen molar-refractivity contribution in [2.24, 2.45) is 0 Å². The molecule has 0 amide bonds. The molecule has 0 aliphatic carbocycles. The molecule has 0 aromatic carbocycles.